The zero-order valence-electron chi connectivity index (χ0n) is 13.3. The Labute approximate surface area is 149 Å². The van der Waals surface area contributed by atoms with E-state index < -0.39 is 5.97 Å². The number of rotatable bonds is 3. The summed E-state index contributed by atoms with van der Waals surface area (Å²) in [6.45, 7) is 0.725. The Kier molecular flexibility index (Phi) is 3.93. The van der Waals surface area contributed by atoms with Gasteiger partial charge in [-0.3, -0.25) is 4.79 Å². The minimum Gasteiger partial charge on any atom is -0.422 e. The fraction of sp³-hybridized carbons (Fsp3) is 0.158. The molecule has 1 amide bonds. The lowest BCUT2D eigenvalue weighted by Crippen LogP contribution is -2.23. The first kappa shape index (κ1) is 15.7. The van der Waals surface area contributed by atoms with Crippen LogP contribution in [0.25, 0.3) is 10.9 Å². The summed E-state index contributed by atoms with van der Waals surface area (Å²) in [7, 11) is 0. The number of amides is 1. The summed E-state index contributed by atoms with van der Waals surface area (Å²) in [5.41, 5.74) is 1.81. The van der Waals surface area contributed by atoms with Crippen LogP contribution < -0.4 is 9.64 Å². The number of anilines is 1. The first-order valence-corrected chi connectivity index (χ1v) is 8.40. The lowest BCUT2D eigenvalue weighted by molar-refractivity contribution is -0.117. The molecule has 3 aromatic rings. The highest BCUT2D eigenvalue weighted by atomic mass is 35.5. The first-order chi connectivity index (χ1) is 12.1. The van der Waals surface area contributed by atoms with E-state index in [4.69, 9.17) is 16.3 Å². The van der Waals surface area contributed by atoms with E-state index in [1.165, 1.54) is 0 Å². The third-order valence-corrected chi connectivity index (χ3v) is 4.67. The quantitative estimate of drug-likeness (QED) is 0.567. The lowest BCUT2D eigenvalue weighted by Gasteiger charge is -2.15. The Hall–Kier alpha value is -2.79. The van der Waals surface area contributed by atoms with E-state index in [-0.39, 0.29) is 11.6 Å². The van der Waals surface area contributed by atoms with Gasteiger partial charge in [0.15, 0.2) is 0 Å². The molecule has 5 nitrogen and oxygen atoms in total. The van der Waals surface area contributed by atoms with Gasteiger partial charge in [0.25, 0.3) is 0 Å². The van der Waals surface area contributed by atoms with E-state index in [9.17, 15) is 9.59 Å². The van der Waals surface area contributed by atoms with Crippen LogP contribution in [0.2, 0.25) is 5.02 Å². The fourth-order valence-electron chi connectivity index (χ4n) is 3.02. The average molecular weight is 355 g/mol. The highest BCUT2D eigenvalue weighted by Crippen LogP contribution is 2.29. The van der Waals surface area contributed by atoms with E-state index in [1.54, 1.807) is 29.2 Å². The monoisotopic (exact) mass is 354 g/mol. The van der Waals surface area contributed by atoms with Crippen molar-refractivity contribution in [2.24, 2.45) is 0 Å². The number of hydrogen-bond donors (Lipinski definition) is 1. The van der Waals surface area contributed by atoms with Crippen molar-refractivity contribution in [1.29, 1.82) is 0 Å². The van der Waals surface area contributed by atoms with E-state index in [2.05, 4.69) is 4.98 Å². The van der Waals surface area contributed by atoms with Crippen LogP contribution in [-0.4, -0.2) is 23.4 Å². The minimum absolute atomic E-state index is 0.120. The standard InChI is InChI=1S/C19H15ClN2O3/c20-17-14-4-1-2-5-15(14)21-18(17)19(24)25-13-9-7-12(8-10-13)22-11-3-6-16(22)23/h1-2,4-5,7-10,21H,3,6,11H2. The summed E-state index contributed by atoms with van der Waals surface area (Å²) in [4.78, 5) is 28.9. The molecule has 0 saturated carbocycles. The van der Waals surface area contributed by atoms with Gasteiger partial charge in [0.05, 0.1) is 5.02 Å². The molecule has 0 unspecified atom stereocenters. The zero-order chi connectivity index (χ0) is 17.4. The van der Waals surface area contributed by atoms with Crippen molar-refractivity contribution in [2.75, 3.05) is 11.4 Å². The van der Waals surface area contributed by atoms with Crippen LogP contribution in [-0.2, 0) is 4.79 Å². The Balaban J connectivity index is 1.54. The maximum Gasteiger partial charge on any atom is 0.361 e. The zero-order valence-corrected chi connectivity index (χ0v) is 14.0. The van der Waals surface area contributed by atoms with E-state index in [0.29, 0.717) is 17.2 Å². The molecule has 1 aliphatic heterocycles. The van der Waals surface area contributed by atoms with Crippen LogP contribution in [0.3, 0.4) is 0 Å². The molecule has 0 radical (unpaired) electrons. The number of H-pyrrole nitrogens is 1. The molecule has 1 aromatic heterocycles. The molecule has 2 aromatic carbocycles. The summed E-state index contributed by atoms with van der Waals surface area (Å²) < 4.78 is 5.40. The molecule has 126 valence electrons. The van der Waals surface area contributed by atoms with Gasteiger partial charge in [-0.05, 0) is 36.8 Å². The third kappa shape index (κ3) is 2.87. The number of fused-ring (bicyclic) bond motifs is 1. The molecule has 1 saturated heterocycles. The van der Waals surface area contributed by atoms with Crippen LogP contribution in [0.15, 0.2) is 48.5 Å². The molecule has 0 bridgehead atoms. The summed E-state index contributed by atoms with van der Waals surface area (Å²) in [5, 5.41) is 1.12. The minimum atomic E-state index is -0.550. The van der Waals surface area contributed by atoms with Gasteiger partial charge in [-0.2, -0.15) is 0 Å². The molecule has 1 fully saturated rings. The van der Waals surface area contributed by atoms with E-state index in [1.807, 2.05) is 24.3 Å². The normalized spacial score (nSPS) is 14.3. The highest BCUT2D eigenvalue weighted by molar-refractivity contribution is 6.38. The maximum absolute atomic E-state index is 12.4. The summed E-state index contributed by atoms with van der Waals surface area (Å²) in [6.07, 6.45) is 1.45. The van der Waals surface area contributed by atoms with Crippen LogP contribution in [0.5, 0.6) is 5.75 Å². The number of para-hydroxylation sites is 1. The molecule has 6 heteroatoms. The molecule has 25 heavy (non-hydrogen) atoms. The second-order valence-corrected chi connectivity index (χ2v) is 6.27. The predicted octanol–water partition coefficient (Wildman–Crippen LogP) is 4.17. The number of halogens is 1. The summed E-state index contributed by atoms with van der Waals surface area (Å²) in [6, 6.07) is 14.3. The molecule has 2 heterocycles. The number of aromatic nitrogens is 1. The molecule has 0 spiro atoms. The van der Waals surface area contributed by atoms with Gasteiger partial charge in [-0.25, -0.2) is 4.79 Å². The van der Waals surface area contributed by atoms with Gasteiger partial charge in [-0.1, -0.05) is 29.8 Å². The third-order valence-electron chi connectivity index (χ3n) is 4.28. The molecule has 1 aliphatic rings. The number of ether oxygens (including phenoxy) is 1. The van der Waals surface area contributed by atoms with Crippen molar-refractivity contribution < 1.29 is 14.3 Å². The average Bonchev–Trinajstić information content (AvgIpc) is 3.20. The second kappa shape index (κ2) is 6.26. The lowest BCUT2D eigenvalue weighted by atomic mass is 10.2. The van der Waals surface area contributed by atoms with Crippen molar-refractivity contribution in [3.05, 3.63) is 59.2 Å². The fourth-order valence-corrected chi connectivity index (χ4v) is 3.31. The second-order valence-electron chi connectivity index (χ2n) is 5.89. The molecule has 4 rings (SSSR count). The number of benzene rings is 2. The van der Waals surface area contributed by atoms with Crippen molar-refractivity contribution in [1.82, 2.24) is 4.98 Å². The topological polar surface area (TPSA) is 62.4 Å². The summed E-state index contributed by atoms with van der Waals surface area (Å²) >= 11 is 6.27. The van der Waals surface area contributed by atoms with Gasteiger partial charge < -0.3 is 14.6 Å². The van der Waals surface area contributed by atoms with Crippen LogP contribution in [0, 0.1) is 0 Å². The number of esters is 1. The Morgan fingerprint density at radius 1 is 1.12 bits per heavy atom. The Bertz CT molecular complexity index is 962. The van der Waals surface area contributed by atoms with Gasteiger partial charge in [0, 0.05) is 29.6 Å². The number of nitrogens with zero attached hydrogens (tertiary/aromatic N) is 1. The molecule has 1 N–H and O–H groups in total. The Morgan fingerprint density at radius 2 is 1.88 bits per heavy atom. The molecule has 0 atom stereocenters. The van der Waals surface area contributed by atoms with Crippen LogP contribution >= 0.6 is 11.6 Å². The predicted molar refractivity (Wildman–Crippen MR) is 96.3 cm³/mol. The van der Waals surface area contributed by atoms with Gasteiger partial charge in [0.2, 0.25) is 5.91 Å². The first-order valence-electron chi connectivity index (χ1n) is 8.02. The van der Waals surface area contributed by atoms with Crippen LogP contribution in [0.4, 0.5) is 5.69 Å². The van der Waals surface area contributed by atoms with Crippen LogP contribution in [0.1, 0.15) is 23.3 Å². The molecular weight excluding hydrogens is 340 g/mol. The summed E-state index contributed by atoms with van der Waals surface area (Å²) in [5.74, 6) is -0.0316. The van der Waals surface area contributed by atoms with Crippen molar-refractivity contribution in [2.45, 2.75) is 12.8 Å². The smallest absolute Gasteiger partial charge is 0.361 e. The number of aromatic amines is 1. The van der Waals surface area contributed by atoms with Gasteiger partial charge in [0.1, 0.15) is 11.4 Å². The number of nitrogens with one attached hydrogen (secondary N) is 1. The van der Waals surface area contributed by atoms with Gasteiger partial charge in [-0.15, -0.1) is 0 Å². The van der Waals surface area contributed by atoms with Crippen molar-refractivity contribution in [3.8, 4) is 5.75 Å². The van der Waals surface area contributed by atoms with Crippen molar-refractivity contribution >= 4 is 40.1 Å². The van der Waals surface area contributed by atoms with E-state index >= 15 is 0 Å². The SMILES string of the molecule is O=C(Oc1ccc(N2CCCC2=O)cc1)c1[nH]c2ccccc2c1Cl. The molecular formula is C19H15ClN2O3. The number of hydrogen-bond acceptors (Lipinski definition) is 3. The van der Waals surface area contributed by atoms with Crippen molar-refractivity contribution in [3.63, 3.8) is 0 Å². The van der Waals surface area contributed by atoms with Gasteiger partial charge >= 0.3 is 5.97 Å². The number of carbonyl (C=O) groups excluding carboxylic acids is 2. The highest BCUT2D eigenvalue weighted by Gasteiger charge is 2.22. The van der Waals surface area contributed by atoms with E-state index in [0.717, 1.165) is 29.6 Å². The molecule has 0 aliphatic carbocycles. The Morgan fingerprint density at radius 3 is 2.56 bits per heavy atom. The number of carbonyl (C=O) groups is 2. The maximum atomic E-state index is 12.4. The largest absolute Gasteiger partial charge is 0.422 e.